The van der Waals surface area contributed by atoms with Crippen molar-refractivity contribution in [2.45, 2.75) is 51.6 Å². The lowest BCUT2D eigenvalue weighted by molar-refractivity contribution is -0.120. The molecule has 2 saturated heterocycles. The number of piperidine rings is 1. The Hall–Kier alpha value is -3.27. The van der Waals surface area contributed by atoms with Crippen molar-refractivity contribution < 1.29 is 23.4 Å². The number of nitrogens with zero attached hydrogens (tertiary/aromatic N) is 3. The SMILES string of the molecule is CCCOc1ccc(F)c2c(=O)c(-c3ccc(OC)cc3)cn(CCCC(=O)CN3CCC(N4CCOCC4)CC3)c12. The van der Waals surface area contributed by atoms with Crippen molar-refractivity contribution in [2.75, 3.05) is 59.7 Å². The Labute approximate surface area is 247 Å². The fourth-order valence-electron chi connectivity index (χ4n) is 6.10. The molecule has 0 bridgehead atoms. The van der Waals surface area contributed by atoms with Crippen molar-refractivity contribution in [1.29, 1.82) is 0 Å². The third-order valence-corrected chi connectivity index (χ3v) is 8.37. The van der Waals surface area contributed by atoms with E-state index in [1.807, 2.05) is 11.5 Å². The molecular formula is C33H42FN3O5. The third-order valence-electron chi connectivity index (χ3n) is 8.37. The number of aryl methyl sites for hydroxylation is 1. The van der Waals surface area contributed by atoms with E-state index in [1.165, 1.54) is 6.07 Å². The maximum atomic E-state index is 15.2. The van der Waals surface area contributed by atoms with Crippen molar-refractivity contribution in [3.63, 3.8) is 0 Å². The highest BCUT2D eigenvalue weighted by Gasteiger charge is 2.26. The zero-order chi connectivity index (χ0) is 29.5. The number of likely N-dealkylation sites (tertiary alicyclic amines) is 1. The van der Waals surface area contributed by atoms with Crippen LogP contribution in [0.3, 0.4) is 0 Å². The lowest BCUT2D eigenvalue weighted by Gasteiger charge is -2.39. The molecule has 0 aliphatic carbocycles. The Balaban J connectivity index is 1.30. The molecule has 0 amide bonds. The van der Waals surface area contributed by atoms with Crippen LogP contribution in [-0.4, -0.2) is 85.8 Å². The van der Waals surface area contributed by atoms with Crippen LogP contribution in [0.1, 0.15) is 39.0 Å². The van der Waals surface area contributed by atoms with Gasteiger partial charge < -0.3 is 18.8 Å². The van der Waals surface area contributed by atoms with Gasteiger partial charge in [0.1, 0.15) is 23.1 Å². The summed E-state index contributed by atoms with van der Waals surface area (Å²) < 4.78 is 33.8. The van der Waals surface area contributed by atoms with Crippen molar-refractivity contribution in [3.8, 4) is 22.6 Å². The highest BCUT2D eigenvalue weighted by molar-refractivity contribution is 5.89. The molecule has 2 aliphatic heterocycles. The van der Waals surface area contributed by atoms with Gasteiger partial charge in [-0.25, -0.2) is 4.39 Å². The van der Waals surface area contributed by atoms with Gasteiger partial charge in [0, 0.05) is 56.9 Å². The minimum absolute atomic E-state index is 0.00591. The summed E-state index contributed by atoms with van der Waals surface area (Å²) in [6.45, 7) is 8.84. The molecule has 42 heavy (non-hydrogen) atoms. The van der Waals surface area contributed by atoms with E-state index in [2.05, 4.69) is 9.80 Å². The van der Waals surface area contributed by atoms with Crippen LogP contribution in [0.25, 0.3) is 22.0 Å². The average Bonchev–Trinajstić information content (AvgIpc) is 3.02. The Bertz CT molecular complexity index is 1410. The van der Waals surface area contributed by atoms with Gasteiger partial charge in [-0.05, 0) is 55.5 Å². The molecule has 2 aliphatic rings. The maximum absolute atomic E-state index is 15.2. The highest BCUT2D eigenvalue weighted by Crippen LogP contribution is 2.30. The number of rotatable bonds is 12. The first-order valence-corrected chi connectivity index (χ1v) is 15.2. The second-order valence-corrected chi connectivity index (χ2v) is 11.2. The number of morpholine rings is 1. The van der Waals surface area contributed by atoms with Crippen LogP contribution in [0, 0.1) is 5.82 Å². The molecule has 0 radical (unpaired) electrons. The Morgan fingerprint density at radius 3 is 2.48 bits per heavy atom. The summed E-state index contributed by atoms with van der Waals surface area (Å²) in [5.74, 6) is 0.764. The molecule has 0 spiro atoms. The summed E-state index contributed by atoms with van der Waals surface area (Å²) in [6, 6.07) is 10.6. The predicted octanol–water partition coefficient (Wildman–Crippen LogP) is 4.75. The van der Waals surface area contributed by atoms with Crippen LogP contribution in [0.2, 0.25) is 0 Å². The number of pyridine rings is 1. The zero-order valence-electron chi connectivity index (χ0n) is 24.8. The molecule has 0 N–H and O–H groups in total. The van der Waals surface area contributed by atoms with Crippen LogP contribution in [0.15, 0.2) is 47.4 Å². The number of aromatic nitrogens is 1. The summed E-state index contributed by atoms with van der Waals surface area (Å²) >= 11 is 0. The van der Waals surface area contributed by atoms with E-state index in [4.69, 9.17) is 14.2 Å². The van der Waals surface area contributed by atoms with Crippen molar-refractivity contribution >= 4 is 16.7 Å². The van der Waals surface area contributed by atoms with Crippen LogP contribution in [0.5, 0.6) is 11.5 Å². The molecule has 0 atom stereocenters. The first kappa shape index (κ1) is 30.2. The maximum Gasteiger partial charge on any atom is 0.200 e. The number of methoxy groups -OCH3 is 1. The second kappa shape index (κ2) is 14.3. The molecule has 3 heterocycles. The van der Waals surface area contributed by atoms with Crippen molar-refractivity contribution in [3.05, 3.63) is 58.6 Å². The second-order valence-electron chi connectivity index (χ2n) is 11.2. The topological polar surface area (TPSA) is 73.2 Å². The number of carbonyl (C=O) groups excluding carboxylic acids is 1. The summed E-state index contributed by atoms with van der Waals surface area (Å²) in [5.41, 5.74) is 1.12. The molecule has 9 heteroatoms. The molecule has 1 aromatic heterocycles. The van der Waals surface area contributed by atoms with Gasteiger partial charge in [0.15, 0.2) is 5.43 Å². The summed E-state index contributed by atoms with van der Waals surface area (Å²) in [6.07, 6.45) is 5.70. The summed E-state index contributed by atoms with van der Waals surface area (Å²) in [7, 11) is 1.58. The normalized spacial score (nSPS) is 17.0. The van der Waals surface area contributed by atoms with Crippen LogP contribution in [0.4, 0.5) is 4.39 Å². The molecule has 3 aromatic rings. The van der Waals surface area contributed by atoms with Gasteiger partial charge >= 0.3 is 0 Å². The molecule has 0 unspecified atom stereocenters. The number of ketones is 1. The molecule has 226 valence electrons. The number of carbonyl (C=O) groups is 1. The van der Waals surface area contributed by atoms with Gasteiger partial charge in [-0.3, -0.25) is 19.4 Å². The molecule has 8 nitrogen and oxygen atoms in total. The number of Topliss-reactive ketones (excluding diaryl/α,β-unsaturated/α-hetero) is 1. The number of fused-ring (bicyclic) bond motifs is 1. The minimum atomic E-state index is -0.584. The summed E-state index contributed by atoms with van der Waals surface area (Å²) in [4.78, 5) is 31.4. The molecule has 0 saturated carbocycles. The van der Waals surface area contributed by atoms with Gasteiger partial charge in [-0.15, -0.1) is 0 Å². The smallest absolute Gasteiger partial charge is 0.200 e. The van der Waals surface area contributed by atoms with Crippen molar-refractivity contribution in [1.82, 2.24) is 14.4 Å². The number of hydrogen-bond acceptors (Lipinski definition) is 7. The van der Waals surface area contributed by atoms with Gasteiger partial charge in [0.05, 0.1) is 44.4 Å². The highest BCUT2D eigenvalue weighted by atomic mass is 19.1. The third kappa shape index (κ3) is 7.02. The average molecular weight is 580 g/mol. The minimum Gasteiger partial charge on any atom is -0.497 e. The standard InChI is InChI=1S/C33H42FN3O5/c1-3-19-42-30-11-10-29(34)31-32(30)37(23-28(33(31)39)24-6-8-27(40-2)9-7-24)14-4-5-26(38)22-35-15-12-25(13-16-35)36-17-20-41-21-18-36/h6-11,23,25H,3-5,12-22H2,1-2H3. The van der Waals surface area contributed by atoms with E-state index in [1.54, 1.807) is 43.6 Å². The predicted molar refractivity (Wildman–Crippen MR) is 162 cm³/mol. The first-order chi connectivity index (χ1) is 20.5. The largest absolute Gasteiger partial charge is 0.497 e. The fraction of sp³-hybridized carbons (Fsp3) is 0.515. The quantitative estimate of drug-likeness (QED) is 0.307. The van der Waals surface area contributed by atoms with Crippen LogP contribution in [-0.2, 0) is 16.1 Å². The fourth-order valence-corrected chi connectivity index (χ4v) is 6.10. The lowest BCUT2D eigenvalue weighted by atomic mass is 10.0. The molecule has 2 fully saturated rings. The Morgan fingerprint density at radius 2 is 1.79 bits per heavy atom. The molecule has 2 aromatic carbocycles. The van der Waals surface area contributed by atoms with Gasteiger partial charge in [0.25, 0.3) is 0 Å². The number of halogens is 1. The van der Waals surface area contributed by atoms with E-state index in [0.717, 1.165) is 58.7 Å². The van der Waals surface area contributed by atoms with E-state index in [-0.39, 0.29) is 16.6 Å². The van der Waals surface area contributed by atoms with E-state index in [0.29, 0.717) is 66.7 Å². The van der Waals surface area contributed by atoms with Crippen LogP contribution < -0.4 is 14.9 Å². The number of benzene rings is 2. The van der Waals surface area contributed by atoms with E-state index < -0.39 is 5.82 Å². The summed E-state index contributed by atoms with van der Waals surface area (Å²) in [5, 5.41) is 0.00591. The van der Waals surface area contributed by atoms with E-state index in [9.17, 15) is 9.59 Å². The Morgan fingerprint density at radius 1 is 1.05 bits per heavy atom. The molecular weight excluding hydrogens is 537 g/mol. The molecule has 5 rings (SSSR count). The monoisotopic (exact) mass is 579 g/mol. The van der Waals surface area contributed by atoms with Gasteiger partial charge in [-0.2, -0.15) is 0 Å². The van der Waals surface area contributed by atoms with Crippen molar-refractivity contribution in [2.24, 2.45) is 0 Å². The Kier molecular flexibility index (Phi) is 10.3. The van der Waals surface area contributed by atoms with Gasteiger partial charge in [0.2, 0.25) is 0 Å². The lowest BCUT2D eigenvalue weighted by Crippen LogP contribution is -2.49. The van der Waals surface area contributed by atoms with Crippen LogP contribution >= 0.6 is 0 Å². The van der Waals surface area contributed by atoms with Gasteiger partial charge in [-0.1, -0.05) is 19.1 Å². The van der Waals surface area contributed by atoms with E-state index >= 15 is 4.39 Å². The number of ether oxygens (including phenoxy) is 3. The zero-order valence-corrected chi connectivity index (χ0v) is 24.8. The first-order valence-electron chi connectivity index (χ1n) is 15.2. The number of hydrogen-bond donors (Lipinski definition) is 0.